The molecule has 0 N–H and O–H groups in total. The molecule has 1 unspecified atom stereocenters. The van der Waals surface area contributed by atoms with E-state index in [4.69, 9.17) is 11.6 Å². The molecule has 0 aromatic carbocycles. The van der Waals surface area contributed by atoms with E-state index in [2.05, 4.69) is 13.0 Å². The van der Waals surface area contributed by atoms with Crippen LogP contribution in [0.1, 0.15) is 20.3 Å². The number of alkyl halides is 1. The first-order chi connectivity index (χ1) is 3.10. The van der Waals surface area contributed by atoms with E-state index in [1.54, 1.807) is 0 Å². The Kier molecular flexibility index (Phi) is 0.927. The lowest BCUT2D eigenvalue weighted by Gasteiger charge is -2.27. The van der Waals surface area contributed by atoms with Crippen LogP contribution in [0.4, 0.5) is 0 Å². The zero-order chi connectivity index (χ0) is 5.49. The molecule has 0 spiro atoms. The summed E-state index contributed by atoms with van der Waals surface area (Å²) in [5.74, 6) is 0. The summed E-state index contributed by atoms with van der Waals surface area (Å²) in [4.78, 5) is 0.00405. The highest BCUT2D eigenvalue weighted by Gasteiger charge is 2.25. The van der Waals surface area contributed by atoms with Gasteiger partial charge in [-0.1, -0.05) is 11.6 Å². The van der Waals surface area contributed by atoms with Gasteiger partial charge in [0.05, 0.1) is 4.87 Å². The number of hydrogen-bond donors (Lipinski definition) is 0. The Morgan fingerprint density at radius 1 is 1.86 bits per heavy atom. The molecular formula is C6H9Cl. The minimum absolute atomic E-state index is 0.00405. The maximum atomic E-state index is 5.82. The van der Waals surface area contributed by atoms with Crippen molar-refractivity contribution in [3.05, 3.63) is 11.6 Å². The molecular weight excluding hydrogens is 108 g/mol. The first kappa shape index (κ1) is 5.17. The van der Waals surface area contributed by atoms with E-state index >= 15 is 0 Å². The Bertz CT molecular complexity index is 111. The van der Waals surface area contributed by atoms with Gasteiger partial charge in [0.1, 0.15) is 0 Å². The SMILES string of the molecule is CC1=CC(C)(Cl)C1. The summed E-state index contributed by atoms with van der Waals surface area (Å²) in [6, 6.07) is 0. The van der Waals surface area contributed by atoms with Crippen LogP contribution in [-0.2, 0) is 0 Å². The summed E-state index contributed by atoms with van der Waals surface area (Å²) >= 11 is 5.82. The smallest absolute Gasteiger partial charge is 0.0637 e. The average Bonchev–Trinajstić information content (AvgIpc) is 1.27. The van der Waals surface area contributed by atoms with E-state index in [0.717, 1.165) is 6.42 Å². The third-order valence-electron chi connectivity index (χ3n) is 1.17. The standard InChI is InChI=1S/C6H9Cl/c1-5-3-6(2,7)4-5/h3H,4H2,1-2H3. The van der Waals surface area contributed by atoms with Crippen LogP contribution in [0, 0.1) is 0 Å². The fourth-order valence-corrected chi connectivity index (χ4v) is 1.43. The molecule has 1 atom stereocenters. The highest BCUT2D eigenvalue weighted by Crippen LogP contribution is 2.35. The molecule has 1 rings (SSSR count). The average molecular weight is 117 g/mol. The van der Waals surface area contributed by atoms with Gasteiger partial charge in [0, 0.05) is 0 Å². The normalized spacial score (nSPS) is 39.6. The van der Waals surface area contributed by atoms with Crippen molar-refractivity contribution in [2.75, 3.05) is 0 Å². The van der Waals surface area contributed by atoms with Crippen LogP contribution < -0.4 is 0 Å². The fourth-order valence-electron chi connectivity index (χ4n) is 1.03. The van der Waals surface area contributed by atoms with Gasteiger partial charge in [-0.05, 0) is 20.3 Å². The molecule has 0 bridgehead atoms. The van der Waals surface area contributed by atoms with Gasteiger partial charge >= 0.3 is 0 Å². The van der Waals surface area contributed by atoms with Crippen molar-refractivity contribution in [3.63, 3.8) is 0 Å². The number of rotatable bonds is 0. The number of halogens is 1. The van der Waals surface area contributed by atoms with Gasteiger partial charge in [0.15, 0.2) is 0 Å². The van der Waals surface area contributed by atoms with Gasteiger partial charge in [0.2, 0.25) is 0 Å². The van der Waals surface area contributed by atoms with Crippen molar-refractivity contribution in [1.29, 1.82) is 0 Å². The fraction of sp³-hybridized carbons (Fsp3) is 0.667. The van der Waals surface area contributed by atoms with Crippen LogP contribution in [-0.4, -0.2) is 4.87 Å². The van der Waals surface area contributed by atoms with Crippen LogP contribution in [0.3, 0.4) is 0 Å². The van der Waals surface area contributed by atoms with Crippen LogP contribution >= 0.6 is 11.6 Å². The topological polar surface area (TPSA) is 0 Å². The maximum Gasteiger partial charge on any atom is 0.0637 e. The molecule has 1 heteroatoms. The van der Waals surface area contributed by atoms with Gasteiger partial charge in [-0.25, -0.2) is 0 Å². The van der Waals surface area contributed by atoms with Gasteiger partial charge in [-0.15, -0.1) is 11.6 Å². The lowest BCUT2D eigenvalue weighted by atomic mass is 9.89. The summed E-state index contributed by atoms with van der Waals surface area (Å²) in [5.41, 5.74) is 1.41. The van der Waals surface area contributed by atoms with Crippen LogP contribution in [0.2, 0.25) is 0 Å². The van der Waals surface area contributed by atoms with Crippen LogP contribution in [0.25, 0.3) is 0 Å². The van der Waals surface area contributed by atoms with Crippen molar-refractivity contribution < 1.29 is 0 Å². The van der Waals surface area contributed by atoms with E-state index in [-0.39, 0.29) is 4.87 Å². The van der Waals surface area contributed by atoms with Crippen molar-refractivity contribution in [2.24, 2.45) is 0 Å². The van der Waals surface area contributed by atoms with Crippen LogP contribution in [0.5, 0.6) is 0 Å². The maximum absolute atomic E-state index is 5.82. The summed E-state index contributed by atoms with van der Waals surface area (Å²) in [6.07, 6.45) is 3.16. The molecule has 1 aliphatic rings. The Morgan fingerprint density at radius 2 is 2.29 bits per heavy atom. The Labute approximate surface area is 49.2 Å². The van der Waals surface area contributed by atoms with Crippen molar-refractivity contribution in [2.45, 2.75) is 25.1 Å². The minimum Gasteiger partial charge on any atom is -0.115 e. The van der Waals surface area contributed by atoms with Crippen molar-refractivity contribution in [3.8, 4) is 0 Å². The lowest BCUT2D eigenvalue weighted by Crippen LogP contribution is -2.21. The summed E-state index contributed by atoms with van der Waals surface area (Å²) in [7, 11) is 0. The molecule has 0 amide bonds. The predicted octanol–water partition coefficient (Wildman–Crippen LogP) is 2.33. The van der Waals surface area contributed by atoms with Gasteiger partial charge in [-0.2, -0.15) is 0 Å². The zero-order valence-electron chi connectivity index (χ0n) is 4.66. The molecule has 0 saturated carbocycles. The molecule has 40 valence electrons. The monoisotopic (exact) mass is 116 g/mol. The third kappa shape index (κ3) is 0.973. The van der Waals surface area contributed by atoms with Gasteiger partial charge < -0.3 is 0 Å². The second-order valence-corrected chi connectivity index (χ2v) is 3.31. The Hall–Kier alpha value is 0.0300. The van der Waals surface area contributed by atoms with Gasteiger partial charge in [0.25, 0.3) is 0 Å². The van der Waals surface area contributed by atoms with E-state index in [9.17, 15) is 0 Å². The lowest BCUT2D eigenvalue weighted by molar-refractivity contribution is 0.681. The van der Waals surface area contributed by atoms with Crippen molar-refractivity contribution in [1.82, 2.24) is 0 Å². The van der Waals surface area contributed by atoms with Crippen molar-refractivity contribution >= 4 is 11.6 Å². The molecule has 0 fully saturated rings. The van der Waals surface area contributed by atoms with E-state index in [0.29, 0.717) is 0 Å². The van der Waals surface area contributed by atoms with E-state index < -0.39 is 0 Å². The quantitative estimate of drug-likeness (QED) is 0.337. The van der Waals surface area contributed by atoms with Crippen LogP contribution in [0.15, 0.2) is 11.6 Å². The molecule has 0 saturated heterocycles. The molecule has 0 radical (unpaired) electrons. The zero-order valence-corrected chi connectivity index (χ0v) is 5.42. The summed E-state index contributed by atoms with van der Waals surface area (Å²) in [6.45, 7) is 4.13. The molecule has 0 aromatic heterocycles. The Balaban J connectivity index is 2.60. The third-order valence-corrected chi connectivity index (χ3v) is 1.41. The highest BCUT2D eigenvalue weighted by molar-refractivity contribution is 6.26. The highest BCUT2D eigenvalue weighted by atomic mass is 35.5. The molecule has 0 nitrogen and oxygen atoms in total. The predicted molar refractivity (Wildman–Crippen MR) is 32.6 cm³/mol. The summed E-state index contributed by atoms with van der Waals surface area (Å²) < 4.78 is 0. The minimum atomic E-state index is 0.00405. The van der Waals surface area contributed by atoms with Gasteiger partial charge in [-0.3, -0.25) is 0 Å². The summed E-state index contributed by atoms with van der Waals surface area (Å²) in [5, 5.41) is 0. The molecule has 7 heavy (non-hydrogen) atoms. The Morgan fingerprint density at radius 3 is 2.29 bits per heavy atom. The second kappa shape index (κ2) is 1.25. The first-order valence-corrected chi connectivity index (χ1v) is 2.85. The molecule has 0 aliphatic heterocycles. The van der Waals surface area contributed by atoms with E-state index in [1.165, 1.54) is 5.57 Å². The largest absolute Gasteiger partial charge is 0.115 e. The van der Waals surface area contributed by atoms with E-state index in [1.807, 2.05) is 6.92 Å². The first-order valence-electron chi connectivity index (χ1n) is 2.47. The number of hydrogen-bond acceptors (Lipinski definition) is 0. The number of allylic oxidation sites excluding steroid dienone is 2. The molecule has 1 aliphatic carbocycles. The molecule has 0 heterocycles. The second-order valence-electron chi connectivity index (χ2n) is 2.45. The molecule has 0 aromatic rings.